The minimum absolute atomic E-state index is 0.0411. The highest BCUT2D eigenvalue weighted by atomic mass is 16.6. The molecule has 0 amide bonds. The van der Waals surface area contributed by atoms with Crippen molar-refractivity contribution in [3.63, 3.8) is 0 Å². The first-order valence-electron chi connectivity index (χ1n) is 10.5. The summed E-state index contributed by atoms with van der Waals surface area (Å²) in [6.45, 7) is 3.19. The second-order valence-corrected chi connectivity index (χ2v) is 7.37. The number of hydrogen-bond acceptors (Lipinski definition) is 5. The van der Waals surface area contributed by atoms with Gasteiger partial charge in [0.05, 0.1) is 13.2 Å². The summed E-state index contributed by atoms with van der Waals surface area (Å²) in [6.07, 6.45) is 14.5. The van der Waals surface area contributed by atoms with Crippen molar-refractivity contribution >= 4 is 0 Å². The Morgan fingerprint density at radius 1 is 0.846 bits per heavy atom. The number of unbranched alkanes of at least 4 members (excludes halogenated alkanes) is 9. The van der Waals surface area contributed by atoms with Crippen LogP contribution in [0.2, 0.25) is 0 Å². The molecule has 5 heteroatoms. The minimum atomic E-state index is -1.15. The highest BCUT2D eigenvalue weighted by Gasteiger charge is 2.37. The van der Waals surface area contributed by atoms with Crippen LogP contribution >= 0.6 is 0 Å². The van der Waals surface area contributed by atoms with Crippen molar-refractivity contribution in [3.05, 3.63) is 12.2 Å². The molecule has 0 bridgehead atoms. The molecule has 0 radical (unpaired) electrons. The largest absolute Gasteiger partial charge is 0.388 e. The predicted octanol–water partition coefficient (Wildman–Crippen LogP) is 3.35. The van der Waals surface area contributed by atoms with Crippen LogP contribution in [0.3, 0.4) is 0 Å². The fourth-order valence-corrected chi connectivity index (χ4v) is 3.13. The summed E-state index contributed by atoms with van der Waals surface area (Å²) in [5.74, 6) is 0. The van der Waals surface area contributed by atoms with Crippen LogP contribution in [-0.4, -0.2) is 59.6 Å². The van der Waals surface area contributed by atoms with Crippen molar-refractivity contribution in [1.29, 1.82) is 0 Å². The van der Waals surface area contributed by atoms with Gasteiger partial charge in [-0.2, -0.15) is 0 Å². The molecule has 0 aromatic rings. The summed E-state index contributed by atoms with van der Waals surface area (Å²) in [5, 5.41) is 28.8. The smallest absolute Gasteiger partial charge is 0.111 e. The summed E-state index contributed by atoms with van der Waals surface area (Å²) in [6, 6.07) is 0. The van der Waals surface area contributed by atoms with Crippen LogP contribution in [0.5, 0.6) is 0 Å². The molecule has 0 unspecified atom stereocenters. The number of aliphatic hydroxyl groups is 3. The van der Waals surface area contributed by atoms with Gasteiger partial charge in [0.15, 0.2) is 0 Å². The maximum absolute atomic E-state index is 9.80. The average Bonchev–Trinajstić information content (AvgIpc) is 2.64. The number of aliphatic hydroxyl groups excluding tert-OH is 3. The molecule has 0 saturated carbocycles. The van der Waals surface area contributed by atoms with Gasteiger partial charge in [0, 0.05) is 6.61 Å². The number of ether oxygens (including phenoxy) is 2. The number of hydrogen-bond donors (Lipinski definition) is 3. The molecule has 3 N–H and O–H groups in total. The van der Waals surface area contributed by atoms with Crippen LogP contribution in [0, 0.1) is 0 Å². The molecule has 1 fully saturated rings. The highest BCUT2D eigenvalue weighted by molar-refractivity contribution is 4.86. The zero-order valence-corrected chi connectivity index (χ0v) is 16.5. The molecule has 5 nitrogen and oxygen atoms in total. The Kier molecular flexibility index (Phi) is 14.1. The Balaban J connectivity index is 1.84. The topological polar surface area (TPSA) is 79.2 Å². The van der Waals surface area contributed by atoms with Gasteiger partial charge in [-0.1, -0.05) is 57.6 Å². The van der Waals surface area contributed by atoms with Crippen LogP contribution in [-0.2, 0) is 9.47 Å². The lowest BCUT2D eigenvalue weighted by Crippen LogP contribution is -2.54. The van der Waals surface area contributed by atoms with Crippen LogP contribution in [0.25, 0.3) is 0 Å². The Hall–Kier alpha value is -0.460. The monoisotopic (exact) mass is 372 g/mol. The van der Waals surface area contributed by atoms with Crippen molar-refractivity contribution < 1.29 is 24.8 Å². The van der Waals surface area contributed by atoms with E-state index in [9.17, 15) is 15.3 Å². The van der Waals surface area contributed by atoms with E-state index in [4.69, 9.17) is 9.47 Å². The Morgan fingerprint density at radius 2 is 1.46 bits per heavy atom. The fourth-order valence-electron chi connectivity index (χ4n) is 3.13. The third kappa shape index (κ3) is 10.6. The van der Waals surface area contributed by atoms with Gasteiger partial charge >= 0.3 is 0 Å². The van der Waals surface area contributed by atoms with Crippen molar-refractivity contribution in [2.45, 2.75) is 102 Å². The second-order valence-electron chi connectivity index (χ2n) is 7.37. The molecule has 1 aliphatic heterocycles. The Morgan fingerprint density at radius 3 is 2.15 bits per heavy atom. The van der Waals surface area contributed by atoms with E-state index in [1.54, 1.807) is 0 Å². The van der Waals surface area contributed by atoms with Crippen LogP contribution in [0.4, 0.5) is 0 Å². The van der Waals surface area contributed by atoms with Crippen molar-refractivity contribution in [2.24, 2.45) is 0 Å². The van der Waals surface area contributed by atoms with Gasteiger partial charge in [-0.25, -0.2) is 0 Å². The van der Waals surface area contributed by atoms with Crippen LogP contribution in [0.1, 0.15) is 77.6 Å². The molecule has 26 heavy (non-hydrogen) atoms. The van der Waals surface area contributed by atoms with Crippen molar-refractivity contribution in [2.75, 3.05) is 19.8 Å². The first-order chi connectivity index (χ1) is 12.7. The molecule has 4 atom stereocenters. The summed E-state index contributed by atoms with van der Waals surface area (Å²) < 4.78 is 10.8. The molecule has 1 aliphatic rings. The molecule has 0 aromatic heterocycles. The molecule has 1 rings (SSSR count). The van der Waals surface area contributed by atoms with E-state index in [0.717, 1.165) is 12.8 Å². The van der Waals surface area contributed by atoms with E-state index in [0.29, 0.717) is 6.61 Å². The lowest BCUT2D eigenvalue weighted by atomic mass is 10.0. The Bertz CT molecular complexity index is 347. The maximum Gasteiger partial charge on any atom is 0.111 e. The fraction of sp³-hybridized carbons (Fsp3) is 0.905. The van der Waals surface area contributed by atoms with Crippen LogP contribution in [0.15, 0.2) is 12.2 Å². The van der Waals surface area contributed by atoms with Gasteiger partial charge < -0.3 is 24.8 Å². The van der Waals surface area contributed by atoms with E-state index >= 15 is 0 Å². The Labute approximate surface area is 159 Å². The lowest BCUT2D eigenvalue weighted by Gasteiger charge is -2.35. The third-order valence-corrected chi connectivity index (χ3v) is 4.94. The number of rotatable bonds is 15. The van der Waals surface area contributed by atoms with Gasteiger partial charge in [-0.05, 0) is 32.1 Å². The van der Waals surface area contributed by atoms with Gasteiger partial charge in [0.25, 0.3) is 0 Å². The summed E-state index contributed by atoms with van der Waals surface area (Å²) in [4.78, 5) is 0. The highest BCUT2D eigenvalue weighted by Crippen LogP contribution is 2.16. The molecule has 1 heterocycles. The van der Waals surface area contributed by atoms with E-state index in [1.807, 2.05) is 0 Å². The normalized spacial score (nSPS) is 26.6. The quantitative estimate of drug-likeness (QED) is 0.303. The molecule has 0 spiro atoms. The van der Waals surface area contributed by atoms with E-state index in [1.165, 1.54) is 57.8 Å². The summed E-state index contributed by atoms with van der Waals surface area (Å²) in [5.41, 5.74) is 0. The van der Waals surface area contributed by atoms with Crippen molar-refractivity contribution in [1.82, 2.24) is 0 Å². The third-order valence-electron chi connectivity index (χ3n) is 4.94. The molecule has 0 aliphatic carbocycles. The second kappa shape index (κ2) is 15.6. The molecule has 1 saturated heterocycles. The minimum Gasteiger partial charge on any atom is -0.388 e. The van der Waals surface area contributed by atoms with E-state index in [2.05, 4.69) is 19.1 Å². The van der Waals surface area contributed by atoms with Gasteiger partial charge in [0.1, 0.15) is 24.4 Å². The zero-order valence-electron chi connectivity index (χ0n) is 16.5. The molecule has 154 valence electrons. The SMILES string of the molecule is CCCCCC/C=C/CCCCCCCOC[C@H]1OC[C@H](O)[C@@H](O)[C@@H]1O. The van der Waals surface area contributed by atoms with Crippen LogP contribution < -0.4 is 0 Å². The predicted molar refractivity (Wildman–Crippen MR) is 104 cm³/mol. The van der Waals surface area contributed by atoms with Gasteiger partial charge in [-0.3, -0.25) is 0 Å². The zero-order chi connectivity index (χ0) is 19.0. The molecular weight excluding hydrogens is 332 g/mol. The van der Waals surface area contributed by atoms with Gasteiger partial charge in [0.2, 0.25) is 0 Å². The van der Waals surface area contributed by atoms with Crippen molar-refractivity contribution in [3.8, 4) is 0 Å². The molecular formula is C21H40O5. The van der Waals surface area contributed by atoms with E-state index in [-0.39, 0.29) is 13.2 Å². The summed E-state index contributed by atoms with van der Waals surface area (Å²) >= 11 is 0. The standard InChI is InChI=1S/C21H40O5/c1-2-3-4-5-6-7-8-9-10-11-12-13-14-15-25-17-19-21(24)20(23)18(22)16-26-19/h7-8,18-24H,2-6,9-17H2,1H3/b8-7+/t18-,19+,20+,21+/m0/s1. The van der Waals surface area contributed by atoms with Gasteiger partial charge in [-0.15, -0.1) is 0 Å². The first-order valence-corrected chi connectivity index (χ1v) is 10.5. The maximum atomic E-state index is 9.80. The number of allylic oxidation sites excluding steroid dienone is 2. The molecule has 0 aromatic carbocycles. The summed E-state index contributed by atoms with van der Waals surface area (Å²) in [7, 11) is 0. The lowest BCUT2D eigenvalue weighted by molar-refractivity contribution is -0.199. The van der Waals surface area contributed by atoms with E-state index < -0.39 is 24.4 Å². The average molecular weight is 373 g/mol. The first kappa shape index (κ1) is 23.6.